The summed E-state index contributed by atoms with van der Waals surface area (Å²) >= 11 is 3.30. The molecule has 2 amide bonds. The molecule has 0 spiro atoms. The summed E-state index contributed by atoms with van der Waals surface area (Å²) in [7, 11) is 1.44. The van der Waals surface area contributed by atoms with Crippen LogP contribution in [0.25, 0.3) is 0 Å². The van der Waals surface area contributed by atoms with Crippen LogP contribution in [-0.2, 0) is 4.79 Å². The first-order valence-corrected chi connectivity index (χ1v) is 6.09. The minimum Gasteiger partial charge on any atom is -0.480 e. The summed E-state index contributed by atoms with van der Waals surface area (Å²) in [5.74, 6) is -1.06. The third-order valence-corrected chi connectivity index (χ3v) is 3.47. The predicted molar refractivity (Wildman–Crippen MR) is 72.6 cm³/mol. The van der Waals surface area contributed by atoms with Gasteiger partial charge in [0.15, 0.2) is 0 Å². The fraction of sp³-hybridized carbons (Fsp3) is 0.333. The van der Waals surface area contributed by atoms with Crippen LogP contribution in [0.2, 0.25) is 0 Å². The number of carboxylic acid groups (broad SMARTS) is 1. The number of para-hydroxylation sites is 1. The third kappa shape index (κ3) is 3.01. The summed E-state index contributed by atoms with van der Waals surface area (Å²) in [4.78, 5) is 24.1. The molecule has 6 heteroatoms. The largest absolute Gasteiger partial charge is 0.480 e. The van der Waals surface area contributed by atoms with Crippen molar-refractivity contribution in [2.24, 2.45) is 0 Å². The monoisotopic (exact) mass is 314 g/mol. The van der Waals surface area contributed by atoms with Crippen LogP contribution in [0.5, 0.6) is 0 Å². The zero-order valence-corrected chi connectivity index (χ0v) is 12.0. The molecular formula is C12H15BrN2O3. The molecule has 1 rings (SSSR count). The molecule has 5 nitrogen and oxygen atoms in total. The predicted octanol–water partition coefficient (Wildman–Crippen LogP) is 2.78. The molecule has 18 heavy (non-hydrogen) atoms. The molecule has 0 fully saturated rings. The number of hydrogen-bond donors (Lipinski definition) is 2. The Balaban J connectivity index is 2.84. The van der Waals surface area contributed by atoms with Crippen LogP contribution < -0.4 is 5.32 Å². The number of nitrogens with zero attached hydrogens (tertiary/aromatic N) is 1. The molecule has 0 radical (unpaired) electrons. The van der Waals surface area contributed by atoms with Crippen LogP contribution in [0.1, 0.15) is 13.8 Å². The van der Waals surface area contributed by atoms with Crippen LogP contribution in [0, 0.1) is 0 Å². The van der Waals surface area contributed by atoms with Crippen LogP contribution >= 0.6 is 15.9 Å². The van der Waals surface area contributed by atoms with E-state index in [0.29, 0.717) is 5.69 Å². The van der Waals surface area contributed by atoms with Gasteiger partial charge in [0, 0.05) is 11.5 Å². The first kappa shape index (κ1) is 14.5. The van der Waals surface area contributed by atoms with Crippen molar-refractivity contribution in [1.29, 1.82) is 0 Å². The number of halogens is 1. The Morgan fingerprint density at radius 3 is 2.39 bits per heavy atom. The SMILES string of the molecule is CN(C(=O)Nc1ccccc1Br)C(C)(C)C(=O)O. The van der Waals surface area contributed by atoms with Crippen molar-refractivity contribution in [2.75, 3.05) is 12.4 Å². The number of hydrogen-bond acceptors (Lipinski definition) is 2. The Kier molecular flexibility index (Phi) is 4.34. The van der Waals surface area contributed by atoms with Gasteiger partial charge in [0.05, 0.1) is 5.69 Å². The first-order chi connectivity index (χ1) is 8.26. The van der Waals surface area contributed by atoms with E-state index in [9.17, 15) is 9.59 Å². The number of amides is 2. The average molecular weight is 315 g/mol. The lowest BCUT2D eigenvalue weighted by Gasteiger charge is -2.31. The molecular weight excluding hydrogens is 300 g/mol. The molecule has 0 aliphatic rings. The summed E-state index contributed by atoms with van der Waals surface area (Å²) in [6.07, 6.45) is 0. The van der Waals surface area contributed by atoms with E-state index in [2.05, 4.69) is 21.2 Å². The maximum absolute atomic E-state index is 11.9. The van der Waals surface area contributed by atoms with Gasteiger partial charge in [0.2, 0.25) is 0 Å². The quantitative estimate of drug-likeness (QED) is 0.901. The Hall–Kier alpha value is -1.56. The Morgan fingerprint density at radius 2 is 1.89 bits per heavy atom. The molecule has 0 unspecified atom stereocenters. The van der Waals surface area contributed by atoms with Gasteiger partial charge in [-0.3, -0.25) is 0 Å². The molecule has 1 aromatic rings. The van der Waals surface area contributed by atoms with Crippen molar-refractivity contribution in [1.82, 2.24) is 4.90 Å². The summed E-state index contributed by atoms with van der Waals surface area (Å²) in [5.41, 5.74) is -0.679. The molecule has 0 saturated carbocycles. The molecule has 0 saturated heterocycles. The van der Waals surface area contributed by atoms with E-state index in [1.807, 2.05) is 6.07 Å². The van der Waals surface area contributed by atoms with Crippen molar-refractivity contribution < 1.29 is 14.7 Å². The van der Waals surface area contributed by atoms with Crippen LogP contribution in [0.3, 0.4) is 0 Å². The molecule has 0 aliphatic carbocycles. The second-order valence-corrected chi connectivity index (χ2v) is 5.19. The second-order valence-electron chi connectivity index (χ2n) is 4.33. The van der Waals surface area contributed by atoms with E-state index in [-0.39, 0.29) is 0 Å². The van der Waals surface area contributed by atoms with Gasteiger partial charge in [-0.05, 0) is 41.9 Å². The number of rotatable bonds is 3. The maximum Gasteiger partial charge on any atom is 0.329 e. The van der Waals surface area contributed by atoms with Crippen LogP contribution in [0.15, 0.2) is 28.7 Å². The van der Waals surface area contributed by atoms with Gasteiger partial charge >= 0.3 is 12.0 Å². The lowest BCUT2D eigenvalue weighted by Crippen LogP contribution is -2.52. The normalized spacial score (nSPS) is 10.9. The van der Waals surface area contributed by atoms with Crippen molar-refractivity contribution in [3.05, 3.63) is 28.7 Å². The second kappa shape index (κ2) is 5.39. The fourth-order valence-electron chi connectivity index (χ4n) is 1.16. The van der Waals surface area contributed by atoms with Gasteiger partial charge in [0.1, 0.15) is 5.54 Å². The van der Waals surface area contributed by atoms with Gasteiger partial charge < -0.3 is 15.3 Å². The van der Waals surface area contributed by atoms with Crippen molar-refractivity contribution >= 4 is 33.6 Å². The third-order valence-electron chi connectivity index (χ3n) is 2.78. The standard InChI is InChI=1S/C12H15BrN2O3/c1-12(2,10(16)17)15(3)11(18)14-9-7-5-4-6-8(9)13/h4-7H,1-3H3,(H,14,18)(H,16,17). The fourth-order valence-corrected chi connectivity index (χ4v) is 1.54. The van der Waals surface area contributed by atoms with E-state index in [1.54, 1.807) is 18.2 Å². The number of benzene rings is 1. The zero-order valence-electron chi connectivity index (χ0n) is 10.4. The Labute approximate surface area is 114 Å². The van der Waals surface area contributed by atoms with Crippen molar-refractivity contribution in [3.8, 4) is 0 Å². The van der Waals surface area contributed by atoms with Gasteiger partial charge in [-0.2, -0.15) is 0 Å². The molecule has 0 aromatic heterocycles. The summed E-state index contributed by atoms with van der Waals surface area (Å²) in [6, 6.07) is 6.64. The summed E-state index contributed by atoms with van der Waals surface area (Å²) < 4.78 is 0.736. The van der Waals surface area contributed by atoms with Crippen LogP contribution in [0.4, 0.5) is 10.5 Å². The number of carboxylic acids is 1. The Morgan fingerprint density at radius 1 is 1.33 bits per heavy atom. The molecule has 1 aromatic carbocycles. The topological polar surface area (TPSA) is 69.6 Å². The maximum atomic E-state index is 11.9. The van der Waals surface area contributed by atoms with Gasteiger partial charge in [-0.25, -0.2) is 9.59 Å². The molecule has 98 valence electrons. The minimum absolute atomic E-state index is 0.477. The van der Waals surface area contributed by atoms with E-state index >= 15 is 0 Å². The van der Waals surface area contributed by atoms with E-state index in [4.69, 9.17) is 5.11 Å². The van der Waals surface area contributed by atoms with E-state index in [1.165, 1.54) is 20.9 Å². The molecule has 0 atom stereocenters. The number of anilines is 1. The number of carbonyl (C=O) groups excluding carboxylic acids is 1. The van der Waals surface area contributed by atoms with E-state index < -0.39 is 17.5 Å². The summed E-state index contributed by atoms with van der Waals surface area (Å²) in [5, 5.41) is 11.7. The molecule has 0 heterocycles. The van der Waals surface area contributed by atoms with Gasteiger partial charge in [0.25, 0.3) is 0 Å². The lowest BCUT2D eigenvalue weighted by atomic mass is 10.1. The lowest BCUT2D eigenvalue weighted by molar-refractivity contribution is -0.146. The average Bonchev–Trinajstić information content (AvgIpc) is 2.30. The number of likely N-dealkylation sites (N-methyl/N-ethyl adjacent to an activating group) is 1. The Bertz CT molecular complexity index is 474. The first-order valence-electron chi connectivity index (χ1n) is 5.29. The number of carbonyl (C=O) groups is 2. The molecule has 0 bridgehead atoms. The summed E-state index contributed by atoms with van der Waals surface area (Å²) in [6.45, 7) is 2.93. The van der Waals surface area contributed by atoms with E-state index in [0.717, 1.165) is 9.37 Å². The smallest absolute Gasteiger partial charge is 0.329 e. The van der Waals surface area contributed by atoms with Gasteiger partial charge in [-0.15, -0.1) is 0 Å². The van der Waals surface area contributed by atoms with Gasteiger partial charge in [-0.1, -0.05) is 12.1 Å². The highest BCUT2D eigenvalue weighted by atomic mass is 79.9. The number of aliphatic carboxylic acids is 1. The molecule has 2 N–H and O–H groups in total. The molecule has 0 aliphatic heterocycles. The number of nitrogens with one attached hydrogen (secondary N) is 1. The van der Waals surface area contributed by atoms with Crippen molar-refractivity contribution in [2.45, 2.75) is 19.4 Å². The van der Waals surface area contributed by atoms with Crippen molar-refractivity contribution in [3.63, 3.8) is 0 Å². The van der Waals surface area contributed by atoms with Crippen LogP contribution in [-0.4, -0.2) is 34.6 Å². The highest BCUT2D eigenvalue weighted by Gasteiger charge is 2.35. The highest BCUT2D eigenvalue weighted by molar-refractivity contribution is 9.10. The highest BCUT2D eigenvalue weighted by Crippen LogP contribution is 2.22. The number of urea groups is 1. The zero-order chi connectivity index (χ0) is 13.9. The minimum atomic E-state index is -1.27.